The summed E-state index contributed by atoms with van der Waals surface area (Å²) in [6.45, 7) is 1.59. The molecule has 0 spiro atoms. The largest absolute Gasteiger partial charge is 0.382 e. The maximum Gasteiger partial charge on any atom is 0.350 e. The zero-order valence-corrected chi connectivity index (χ0v) is 12.0. The highest BCUT2D eigenvalue weighted by Crippen LogP contribution is 2.34. The van der Waals surface area contributed by atoms with Crippen LogP contribution in [0.15, 0.2) is 15.8 Å². The average molecular weight is 308 g/mol. The van der Waals surface area contributed by atoms with E-state index >= 15 is 0 Å². The predicted molar refractivity (Wildman–Crippen MR) is 69.7 cm³/mol. The Morgan fingerprint density at radius 3 is 2.65 bits per heavy atom. The smallest absolute Gasteiger partial charge is 0.350 e. The molecule has 114 valence electrons. The first kappa shape index (κ1) is 16.8. The Kier molecular flexibility index (Phi) is 5.85. The van der Waals surface area contributed by atoms with Crippen molar-refractivity contribution in [2.75, 3.05) is 20.1 Å². The second kappa shape index (κ2) is 6.96. The van der Waals surface area contributed by atoms with E-state index < -0.39 is 31.3 Å². The number of aryl methyl sites for hydroxylation is 1. The van der Waals surface area contributed by atoms with Gasteiger partial charge in [0.25, 0.3) is 5.56 Å². The molecule has 0 radical (unpaired) electrons. The van der Waals surface area contributed by atoms with Crippen molar-refractivity contribution in [3.63, 3.8) is 0 Å². The average Bonchev–Trinajstić information content (AvgIpc) is 2.32. The highest BCUT2D eigenvalue weighted by atomic mass is 31.2. The van der Waals surface area contributed by atoms with E-state index in [0.29, 0.717) is 5.56 Å². The van der Waals surface area contributed by atoms with Gasteiger partial charge < -0.3 is 19.3 Å². The van der Waals surface area contributed by atoms with Crippen LogP contribution in [0, 0.1) is 6.92 Å². The van der Waals surface area contributed by atoms with Crippen LogP contribution in [-0.4, -0.2) is 45.5 Å². The molecule has 10 heteroatoms. The lowest BCUT2D eigenvalue weighted by Gasteiger charge is -2.18. The minimum atomic E-state index is -4.30. The number of aromatic amines is 1. The van der Waals surface area contributed by atoms with Gasteiger partial charge >= 0.3 is 13.3 Å². The van der Waals surface area contributed by atoms with Gasteiger partial charge in [-0.05, 0) is 6.92 Å². The molecular weight excluding hydrogens is 291 g/mol. The molecule has 0 unspecified atom stereocenters. The maximum absolute atomic E-state index is 11.6. The minimum absolute atomic E-state index is 0.00426. The topological polar surface area (TPSA) is 131 Å². The molecule has 1 aromatic rings. The molecule has 0 saturated carbocycles. The van der Waals surface area contributed by atoms with Crippen molar-refractivity contribution < 1.29 is 23.8 Å². The summed E-state index contributed by atoms with van der Waals surface area (Å²) in [5.41, 5.74) is -0.761. The van der Waals surface area contributed by atoms with E-state index in [9.17, 15) is 14.2 Å². The van der Waals surface area contributed by atoms with Crippen molar-refractivity contribution in [2.45, 2.75) is 19.6 Å². The zero-order chi connectivity index (χ0) is 15.3. The van der Waals surface area contributed by atoms with E-state index in [4.69, 9.17) is 19.3 Å². The molecular formula is C10H17N2O7P. The molecule has 9 nitrogen and oxygen atoms in total. The quantitative estimate of drug-likeness (QED) is 0.551. The van der Waals surface area contributed by atoms with E-state index in [1.54, 1.807) is 0 Å². The van der Waals surface area contributed by atoms with Crippen LogP contribution in [0.25, 0.3) is 0 Å². The van der Waals surface area contributed by atoms with Crippen LogP contribution < -0.4 is 11.2 Å². The maximum atomic E-state index is 11.6. The van der Waals surface area contributed by atoms with Gasteiger partial charge in [-0.15, -0.1) is 0 Å². The molecule has 0 saturated heterocycles. The Morgan fingerprint density at radius 2 is 2.10 bits per heavy atom. The van der Waals surface area contributed by atoms with Crippen molar-refractivity contribution in [3.05, 3.63) is 32.6 Å². The number of ether oxygens (including phenoxy) is 2. The normalized spacial score (nSPS) is 13.4. The Balaban J connectivity index is 2.85. The SMILES string of the molecule is COC[C@H](Cn1cc(C)c(=O)[nH]c1=O)OCP(=O)(O)O. The van der Waals surface area contributed by atoms with E-state index in [0.717, 1.165) is 0 Å². The monoisotopic (exact) mass is 308 g/mol. The summed E-state index contributed by atoms with van der Waals surface area (Å²) < 4.78 is 21.9. The van der Waals surface area contributed by atoms with Crippen LogP contribution in [0.2, 0.25) is 0 Å². The summed E-state index contributed by atoms with van der Waals surface area (Å²) >= 11 is 0. The van der Waals surface area contributed by atoms with Crippen LogP contribution in [-0.2, 0) is 20.6 Å². The molecule has 1 rings (SSSR count). The molecule has 20 heavy (non-hydrogen) atoms. The standard InChI is InChI=1S/C10H17N2O7P/c1-7-3-12(10(14)11-9(7)13)4-8(5-18-2)19-6-20(15,16)17/h3,8H,4-6H2,1-2H3,(H,11,13,14)(H2,15,16,17)/t8-/m0/s1. The number of hydrogen-bond donors (Lipinski definition) is 3. The fourth-order valence-electron chi connectivity index (χ4n) is 1.52. The van der Waals surface area contributed by atoms with E-state index in [-0.39, 0.29) is 13.2 Å². The first-order valence-electron chi connectivity index (χ1n) is 5.68. The highest BCUT2D eigenvalue weighted by Gasteiger charge is 2.19. The van der Waals surface area contributed by atoms with Crippen LogP contribution >= 0.6 is 7.60 Å². The minimum Gasteiger partial charge on any atom is -0.382 e. The van der Waals surface area contributed by atoms with Gasteiger partial charge in [0.1, 0.15) is 6.35 Å². The Morgan fingerprint density at radius 1 is 1.45 bits per heavy atom. The van der Waals surface area contributed by atoms with E-state index in [1.807, 2.05) is 0 Å². The summed E-state index contributed by atoms with van der Waals surface area (Å²) in [6.07, 6.45) is -0.140. The lowest BCUT2D eigenvalue weighted by Crippen LogP contribution is -2.36. The lowest BCUT2D eigenvalue weighted by atomic mass is 10.3. The van der Waals surface area contributed by atoms with E-state index in [2.05, 4.69) is 4.98 Å². The number of aromatic nitrogens is 2. The fourth-order valence-corrected chi connectivity index (χ4v) is 1.92. The van der Waals surface area contributed by atoms with Gasteiger partial charge in [0.05, 0.1) is 19.3 Å². The summed E-state index contributed by atoms with van der Waals surface area (Å²) in [5.74, 6) is 0. The second-order valence-electron chi connectivity index (χ2n) is 4.26. The number of H-pyrrole nitrogens is 1. The second-order valence-corrected chi connectivity index (χ2v) is 5.85. The van der Waals surface area contributed by atoms with Crippen LogP contribution in [0.3, 0.4) is 0 Å². The third-order valence-electron chi connectivity index (χ3n) is 2.42. The Labute approximate surface area is 114 Å². The summed E-state index contributed by atoms with van der Waals surface area (Å²) in [6, 6.07) is 0. The molecule has 0 bridgehead atoms. The lowest BCUT2D eigenvalue weighted by molar-refractivity contribution is 0.00289. The summed E-state index contributed by atoms with van der Waals surface area (Å²) in [7, 11) is -2.90. The summed E-state index contributed by atoms with van der Waals surface area (Å²) in [4.78, 5) is 42.5. The van der Waals surface area contributed by atoms with E-state index in [1.165, 1.54) is 24.8 Å². The number of rotatable bonds is 7. The van der Waals surface area contributed by atoms with Crippen molar-refractivity contribution in [1.29, 1.82) is 0 Å². The predicted octanol–water partition coefficient (Wildman–Crippen LogP) is -0.988. The number of nitrogens with zero attached hydrogens (tertiary/aromatic N) is 1. The molecule has 0 fully saturated rings. The highest BCUT2D eigenvalue weighted by molar-refractivity contribution is 7.51. The molecule has 0 amide bonds. The first-order valence-corrected chi connectivity index (χ1v) is 7.48. The van der Waals surface area contributed by atoms with Gasteiger partial charge in [0.2, 0.25) is 0 Å². The molecule has 1 atom stereocenters. The molecule has 0 aromatic carbocycles. The molecule has 1 aromatic heterocycles. The molecule has 0 aliphatic rings. The van der Waals surface area contributed by atoms with Gasteiger partial charge in [-0.2, -0.15) is 0 Å². The van der Waals surface area contributed by atoms with Crippen LogP contribution in [0.5, 0.6) is 0 Å². The summed E-state index contributed by atoms with van der Waals surface area (Å²) in [5, 5.41) is 0. The van der Waals surface area contributed by atoms with Crippen molar-refractivity contribution in [2.24, 2.45) is 0 Å². The number of methoxy groups -OCH3 is 1. The van der Waals surface area contributed by atoms with Crippen molar-refractivity contribution in [1.82, 2.24) is 9.55 Å². The Bertz CT molecular complexity index is 602. The van der Waals surface area contributed by atoms with Crippen molar-refractivity contribution in [3.8, 4) is 0 Å². The van der Waals surface area contributed by atoms with Crippen LogP contribution in [0.4, 0.5) is 0 Å². The van der Waals surface area contributed by atoms with Crippen molar-refractivity contribution >= 4 is 7.60 Å². The van der Waals surface area contributed by atoms with Gasteiger partial charge in [0.15, 0.2) is 0 Å². The molecule has 0 aliphatic heterocycles. The van der Waals surface area contributed by atoms with Gasteiger partial charge in [-0.25, -0.2) is 4.79 Å². The Hall–Kier alpha value is -1.25. The zero-order valence-electron chi connectivity index (χ0n) is 11.1. The number of nitrogens with one attached hydrogen (secondary N) is 1. The molecule has 3 N–H and O–H groups in total. The number of hydrogen-bond acceptors (Lipinski definition) is 5. The first-order chi connectivity index (χ1) is 9.23. The molecule has 0 aliphatic carbocycles. The van der Waals surface area contributed by atoms with Gasteiger partial charge in [-0.1, -0.05) is 0 Å². The fraction of sp³-hybridized carbons (Fsp3) is 0.600. The van der Waals surface area contributed by atoms with Gasteiger partial charge in [0, 0.05) is 18.9 Å². The van der Waals surface area contributed by atoms with Gasteiger partial charge in [-0.3, -0.25) is 18.9 Å². The molecule has 1 heterocycles. The third-order valence-corrected chi connectivity index (χ3v) is 2.91. The third kappa shape index (κ3) is 5.40. The van der Waals surface area contributed by atoms with Crippen LogP contribution in [0.1, 0.15) is 5.56 Å².